The second-order valence-electron chi connectivity index (χ2n) is 4.47. The smallest absolute Gasteiger partial charge is 0.443 e. The summed E-state index contributed by atoms with van der Waals surface area (Å²) in [6, 6.07) is 0. The van der Waals surface area contributed by atoms with Crippen molar-refractivity contribution in [2.45, 2.75) is 32.5 Å². The van der Waals surface area contributed by atoms with E-state index in [1.807, 2.05) is 0 Å². The predicted octanol–water partition coefficient (Wildman–Crippen LogP) is 2.41. The number of halogens is 3. The fourth-order valence-electron chi connectivity index (χ4n) is 1.000. The largest absolute Gasteiger partial charge is 0.456 e. The van der Waals surface area contributed by atoms with Gasteiger partial charge in [0.1, 0.15) is 17.6 Å². The van der Waals surface area contributed by atoms with Crippen molar-refractivity contribution < 1.29 is 27.5 Å². The van der Waals surface area contributed by atoms with E-state index in [1.165, 1.54) is 0 Å². The number of imidazole rings is 1. The zero-order chi connectivity index (χ0) is 14.1. The van der Waals surface area contributed by atoms with Crippen LogP contribution in [0, 0.1) is 0 Å². The van der Waals surface area contributed by atoms with Crippen LogP contribution in [-0.2, 0) is 4.74 Å². The molecule has 0 aliphatic carbocycles. The summed E-state index contributed by atoms with van der Waals surface area (Å²) >= 11 is 0. The van der Waals surface area contributed by atoms with E-state index in [1.54, 1.807) is 20.8 Å². The molecular weight excluding hydrogens is 253 g/mol. The van der Waals surface area contributed by atoms with Crippen LogP contribution in [0.1, 0.15) is 31.3 Å². The second kappa shape index (κ2) is 4.43. The van der Waals surface area contributed by atoms with Crippen molar-refractivity contribution in [3.63, 3.8) is 0 Å². The lowest BCUT2D eigenvalue weighted by atomic mass is 10.2. The molecule has 0 spiro atoms. The van der Waals surface area contributed by atoms with Crippen LogP contribution in [0.3, 0.4) is 0 Å². The number of ether oxygens (including phenoxy) is 1. The van der Waals surface area contributed by atoms with Gasteiger partial charge in [-0.2, -0.15) is 13.2 Å². The molecule has 1 aromatic rings. The van der Waals surface area contributed by atoms with E-state index in [9.17, 15) is 22.8 Å². The molecule has 0 saturated carbocycles. The van der Waals surface area contributed by atoms with Crippen LogP contribution in [0.15, 0.2) is 12.5 Å². The van der Waals surface area contributed by atoms with Gasteiger partial charge in [-0.05, 0) is 20.8 Å². The average molecular weight is 264 g/mol. The Hall–Kier alpha value is -1.86. The molecule has 0 N–H and O–H groups in total. The fraction of sp³-hybridized carbons (Fsp3) is 0.500. The molecule has 0 aliphatic rings. The van der Waals surface area contributed by atoms with Crippen LogP contribution >= 0.6 is 0 Å². The van der Waals surface area contributed by atoms with Crippen molar-refractivity contribution in [2.24, 2.45) is 0 Å². The number of hydrogen-bond donors (Lipinski definition) is 0. The lowest BCUT2D eigenvalue weighted by molar-refractivity contribution is -0.0888. The minimum absolute atomic E-state index is 0.684. The predicted molar refractivity (Wildman–Crippen MR) is 54.2 cm³/mol. The topological polar surface area (TPSA) is 61.2 Å². The first-order valence-corrected chi connectivity index (χ1v) is 4.89. The van der Waals surface area contributed by atoms with E-state index >= 15 is 0 Å². The van der Waals surface area contributed by atoms with Crippen LogP contribution < -0.4 is 0 Å². The molecule has 8 heteroatoms. The number of Topliss-reactive ketones (excluding diaryl/α,β-unsaturated/α-hetero) is 1. The molecule has 18 heavy (non-hydrogen) atoms. The average Bonchev–Trinajstić information content (AvgIpc) is 2.60. The summed E-state index contributed by atoms with van der Waals surface area (Å²) < 4.78 is 41.9. The summed E-state index contributed by atoms with van der Waals surface area (Å²) in [5.41, 5.74) is -1.65. The number of carbonyl (C=O) groups is 2. The summed E-state index contributed by atoms with van der Waals surface area (Å²) in [6.45, 7) is 4.80. The molecule has 0 aliphatic heterocycles. The molecule has 0 aromatic carbocycles. The Labute approximate surface area is 101 Å². The normalized spacial score (nSPS) is 12.3. The minimum Gasteiger partial charge on any atom is -0.443 e. The van der Waals surface area contributed by atoms with E-state index in [4.69, 9.17) is 4.74 Å². The van der Waals surface area contributed by atoms with Crippen LogP contribution in [0.25, 0.3) is 0 Å². The van der Waals surface area contributed by atoms with Crippen molar-refractivity contribution in [3.8, 4) is 0 Å². The summed E-state index contributed by atoms with van der Waals surface area (Å²) in [5.74, 6) is -2.11. The van der Waals surface area contributed by atoms with Gasteiger partial charge in [-0.1, -0.05) is 0 Å². The molecule has 5 nitrogen and oxygen atoms in total. The number of aromatic nitrogens is 2. The first kappa shape index (κ1) is 14.2. The second-order valence-corrected chi connectivity index (χ2v) is 4.47. The first-order chi connectivity index (χ1) is 8.00. The van der Waals surface area contributed by atoms with Gasteiger partial charge in [0.2, 0.25) is 0 Å². The third kappa shape index (κ3) is 3.57. The molecule has 1 rings (SSSR count). The SMILES string of the molecule is CC(C)(C)OC(=O)n1cnc(C(=O)C(F)(F)F)c1. The maximum Gasteiger partial charge on any atom is 0.456 e. The zero-order valence-corrected chi connectivity index (χ0v) is 9.91. The van der Waals surface area contributed by atoms with Gasteiger partial charge in [-0.3, -0.25) is 4.79 Å². The molecule has 0 atom stereocenters. The van der Waals surface area contributed by atoms with Crippen LogP contribution in [0.2, 0.25) is 0 Å². The Balaban J connectivity index is 2.88. The highest BCUT2D eigenvalue weighted by molar-refractivity contribution is 5.98. The summed E-state index contributed by atoms with van der Waals surface area (Å²) in [5, 5.41) is 0. The Morgan fingerprint density at radius 3 is 2.28 bits per heavy atom. The quantitative estimate of drug-likeness (QED) is 0.731. The van der Waals surface area contributed by atoms with Crippen molar-refractivity contribution in [1.82, 2.24) is 9.55 Å². The third-order valence-electron chi connectivity index (χ3n) is 1.68. The van der Waals surface area contributed by atoms with Gasteiger partial charge in [-0.15, -0.1) is 0 Å². The van der Waals surface area contributed by atoms with Gasteiger partial charge in [0.05, 0.1) is 0 Å². The highest BCUT2D eigenvalue weighted by Crippen LogP contribution is 2.20. The van der Waals surface area contributed by atoms with E-state index in [0.29, 0.717) is 10.8 Å². The van der Waals surface area contributed by atoms with Gasteiger partial charge in [-0.25, -0.2) is 14.3 Å². The third-order valence-corrected chi connectivity index (χ3v) is 1.68. The fourth-order valence-corrected chi connectivity index (χ4v) is 1.000. The van der Waals surface area contributed by atoms with Gasteiger partial charge >= 0.3 is 12.3 Å². The van der Waals surface area contributed by atoms with Crippen molar-refractivity contribution in [1.29, 1.82) is 0 Å². The molecule has 0 amide bonds. The van der Waals surface area contributed by atoms with E-state index in [2.05, 4.69) is 4.98 Å². The number of rotatable bonds is 1. The molecule has 1 aromatic heterocycles. The highest BCUT2D eigenvalue weighted by atomic mass is 19.4. The van der Waals surface area contributed by atoms with Gasteiger partial charge in [0, 0.05) is 6.20 Å². The number of ketones is 1. The number of hydrogen-bond acceptors (Lipinski definition) is 4. The lowest BCUT2D eigenvalue weighted by Crippen LogP contribution is -2.26. The van der Waals surface area contributed by atoms with E-state index < -0.39 is 29.3 Å². The van der Waals surface area contributed by atoms with Crippen molar-refractivity contribution >= 4 is 11.9 Å². The monoisotopic (exact) mass is 264 g/mol. The molecular formula is C10H11F3N2O3. The highest BCUT2D eigenvalue weighted by Gasteiger charge is 2.41. The number of carbonyl (C=O) groups excluding carboxylic acids is 2. The standard InChI is InChI=1S/C10H11F3N2O3/c1-9(2,3)18-8(17)15-4-6(14-5-15)7(16)10(11,12)13/h4-5H,1-3H3. The Kier molecular flexibility index (Phi) is 3.50. The summed E-state index contributed by atoms with van der Waals surface area (Å²) in [4.78, 5) is 25.5. The van der Waals surface area contributed by atoms with Gasteiger partial charge in [0.15, 0.2) is 0 Å². The molecule has 0 saturated heterocycles. The molecule has 0 bridgehead atoms. The van der Waals surface area contributed by atoms with Crippen molar-refractivity contribution in [2.75, 3.05) is 0 Å². The molecule has 1 heterocycles. The van der Waals surface area contributed by atoms with Crippen LogP contribution in [-0.4, -0.2) is 33.2 Å². The molecule has 100 valence electrons. The number of alkyl halides is 3. The Bertz CT molecular complexity index is 471. The van der Waals surface area contributed by atoms with Crippen LogP contribution in [0.5, 0.6) is 0 Å². The van der Waals surface area contributed by atoms with Gasteiger partial charge in [0.25, 0.3) is 5.78 Å². The maximum atomic E-state index is 12.1. The van der Waals surface area contributed by atoms with Crippen molar-refractivity contribution in [3.05, 3.63) is 18.2 Å². The lowest BCUT2D eigenvalue weighted by Gasteiger charge is -2.19. The molecule has 0 fully saturated rings. The van der Waals surface area contributed by atoms with E-state index in [0.717, 1.165) is 6.33 Å². The van der Waals surface area contributed by atoms with Gasteiger partial charge < -0.3 is 4.74 Å². The summed E-state index contributed by atoms with van der Waals surface area (Å²) in [6.07, 6.45) is -4.44. The zero-order valence-electron chi connectivity index (χ0n) is 9.91. The van der Waals surface area contributed by atoms with Crippen LogP contribution in [0.4, 0.5) is 18.0 Å². The maximum absolute atomic E-state index is 12.1. The summed E-state index contributed by atoms with van der Waals surface area (Å²) in [7, 11) is 0. The Morgan fingerprint density at radius 1 is 1.28 bits per heavy atom. The Morgan fingerprint density at radius 2 is 1.83 bits per heavy atom. The molecule has 0 unspecified atom stereocenters. The molecule has 0 radical (unpaired) electrons. The van der Waals surface area contributed by atoms with E-state index in [-0.39, 0.29) is 0 Å². The minimum atomic E-state index is -5.02. The first-order valence-electron chi connectivity index (χ1n) is 4.89. The number of nitrogens with zero attached hydrogens (tertiary/aromatic N) is 2.